The molecular weight excluding hydrogens is 1280 g/mol. The van der Waals surface area contributed by atoms with Crippen LogP contribution in [0.25, 0.3) is 11.4 Å². The lowest BCUT2D eigenvalue weighted by molar-refractivity contribution is -0.387. The molecule has 2 saturated heterocycles. The van der Waals surface area contributed by atoms with Crippen molar-refractivity contribution in [2.45, 2.75) is 19.3 Å². The molecule has 35 nitrogen and oxygen atoms in total. The number of nitrogens with one attached hydrogen (secondary N) is 1. The zero-order chi connectivity index (χ0) is 71.2. The van der Waals surface area contributed by atoms with Gasteiger partial charge in [0.25, 0.3) is 0 Å². The summed E-state index contributed by atoms with van der Waals surface area (Å²) >= 11 is 0. The molecular formula is C58H74F3N18O17+. The van der Waals surface area contributed by atoms with Crippen molar-refractivity contribution in [3.63, 3.8) is 0 Å². The predicted molar refractivity (Wildman–Crippen MR) is 325 cm³/mol. The monoisotopic (exact) mass is 1350 g/mol. The van der Waals surface area contributed by atoms with Crippen molar-refractivity contribution in [3.8, 4) is 47.2 Å². The SMILES string of the molecule is N#CC#Cc1ccc(-n2cc(CNC(=O)CN3CCN(CC(=O)O)CCN(CC(=O)O)CCN(CC(=O)O)CC3)nn2)cc1.N#CC#Cc1ccc(-n2cc(C[NH3+])nn2)cc1.O=C(O)C(F)(F)F.O=C(O)CN1CCN(CC(=O)O)CCN(CC(=O)O)CCN(CC(=O)O)CC1. The molecule has 0 radical (unpaired) electrons. The highest BCUT2D eigenvalue weighted by molar-refractivity contribution is 5.78. The van der Waals surface area contributed by atoms with E-state index in [2.05, 4.69) is 55.4 Å². The van der Waals surface area contributed by atoms with E-state index < -0.39 is 53.9 Å². The molecule has 0 unspecified atom stereocenters. The number of carbonyl (C=O) groups is 9. The minimum atomic E-state index is -5.08. The highest BCUT2D eigenvalue weighted by Gasteiger charge is 2.38. The number of amides is 1. The van der Waals surface area contributed by atoms with Crippen LogP contribution in [-0.2, 0) is 56.2 Å². The van der Waals surface area contributed by atoms with Gasteiger partial charge < -0.3 is 51.9 Å². The quantitative estimate of drug-likeness (QED) is 0.0359. The molecule has 12 N–H and O–H groups in total. The summed E-state index contributed by atoms with van der Waals surface area (Å²) < 4.78 is 35.0. The Morgan fingerprint density at radius 1 is 0.427 bits per heavy atom. The van der Waals surface area contributed by atoms with Crippen molar-refractivity contribution in [1.29, 1.82) is 10.5 Å². The van der Waals surface area contributed by atoms with Crippen LogP contribution in [0, 0.1) is 46.3 Å². The first-order chi connectivity index (χ1) is 45.5. The van der Waals surface area contributed by atoms with E-state index in [1.807, 2.05) is 35.4 Å². The maximum Gasteiger partial charge on any atom is 0.490 e. The molecule has 4 heterocycles. The minimum absolute atomic E-state index is 0.00764. The zero-order valence-electron chi connectivity index (χ0n) is 51.9. The maximum absolute atomic E-state index is 12.9. The first-order valence-corrected chi connectivity index (χ1v) is 29.0. The van der Waals surface area contributed by atoms with E-state index in [-0.39, 0.29) is 64.8 Å². The lowest BCUT2D eigenvalue weighted by Gasteiger charge is -2.32. The van der Waals surface area contributed by atoms with Gasteiger partial charge in [0.1, 0.15) is 17.9 Å². The highest BCUT2D eigenvalue weighted by atomic mass is 19.4. The summed E-state index contributed by atoms with van der Waals surface area (Å²) in [6.45, 7) is 4.01. The fourth-order valence-electron chi connectivity index (χ4n) is 8.85. The molecule has 0 bridgehead atoms. The Labute approximate surface area is 547 Å². The van der Waals surface area contributed by atoms with Crippen LogP contribution < -0.4 is 11.1 Å². The molecule has 1 amide bonds. The average Bonchev–Trinajstić information content (AvgIpc) is 1.76. The third kappa shape index (κ3) is 34.4. The molecule has 0 atom stereocenters. The molecule has 2 aliphatic heterocycles. The van der Waals surface area contributed by atoms with Crippen molar-refractivity contribution < 1.29 is 103 Å². The Hall–Kier alpha value is -10.5. The molecule has 0 saturated carbocycles. The normalized spacial score (nSPS) is 15.4. The van der Waals surface area contributed by atoms with Crippen LogP contribution in [0.5, 0.6) is 0 Å². The van der Waals surface area contributed by atoms with E-state index >= 15 is 0 Å². The number of hydrogen-bond donors (Lipinski definition) is 10. The summed E-state index contributed by atoms with van der Waals surface area (Å²) in [5, 5.41) is 107. The number of quaternary nitrogens is 1. The molecule has 2 aromatic heterocycles. The molecule has 4 aromatic rings. The first kappa shape index (κ1) is 79.7. The summed E-state index contributed by atoms with van der Waals surface area (Å²) in [6, 6.07) is 18.0. The molecule has 2 fully saturated rings. The second-order valence-corrected chi connectivity index (χ2v) is 20.9. The predicted octanol–water partition coefficient (Wildman–Crippen LogP) is -3.70. The zero-order valence-corrected chi connectivity index (χ0v) is 51.9. The number of nitriles is 2. The highest BCUT2D eigenvalue weighted by Crippen LogP contribution is 2.14. The molecule has 38 heteroatoms. The fraction of sp³-hybridized carbons (Fsp3) is 0.466. The number of hydrogen-bond acceptors (Lipinski definition) is 23. The molecule has 6 rings (SSSR count). The molecule has 0 spiro atoms. The van der Waals surface area contributed by atoms with Gasteiger partial charge in [-0.3, -0.25) is 77.6 Å². The number of rotatable bonds is 21. The van der Waals surface area contributed by atoms with E-state index in [1.165, 1.54) is 0 Å². The second-order valence-electron chi connectivity index (χ2n) is 20.9. The van der Waals surface area contributed by atoms with Crippen LogP contribution in [-0.4, -0.2) is 327 Å². The van der Waals surface area contributed by atoms with E-state index in [0.717, 1.165) is 22.6 Å². The summed E-state index contributed by atoms with van der Waals surface area (Å²) in [7, 11) is 0. The number of carboxylic acids is 8. The van der Waals surface area contributed by atoms with Crippen LogP contribution in [0.2, 0.25) is 0 Å². The Morgan fingerprint density at radius 3 is 0.885 bits per heavy atom. The van der Waals surface area contributed by atoms with Gasteiger partial charge in [-0.15, -0.1) is 10.2 Å². The van der Waals surface area contributed by atoms with Crippen LogP contribution in [0.15, 0.2) is 60.9 Å². The largest absolute Gasteiger partial charge is 0.490 e. The summed E-state index contributed by atoms with van der Waals surface area (Å²) in [4.78, 5) is 114. The number of aliphatic carboxylic acids is 8. The molecule has 518 valence electrons. The van der Waals surface area contributed by atoms with Crippen LogP contribution in [0.3, 0.4) is 0 Å². The van der Waals surface area contributed by atoms with E-state index in [1.54, 1.807) is 86.3 Å². The van der Waals surface area contributed by atoms with Gasteiger partial charge in [0.15, 0.2) is 12.1 Å². The van der Waals surface area contributed by atoms with Crippen molar-refractivity contribution >= 4 is 53.7 Å². The third-order valence-electron chi connectivity index (χ3n) is 13.6. The number of aromatic nitrogens is 6. The fourth-order valence-corrected chi connectivity index (χ4v) is 8.85. The van der Waals surface area contributed by atoms with Gasteiger partial charge in [-0.2, -0.15) is 23.7 Å². The van der Waals surface area contributed by atoms with Crippen molar-refractivity contribution in [2.24, 2.45) is 0 Å². The van der Waals surface area contributed by atoms with Crippen molar-refractivity contribution in [3.05, 3.63) is 83.4 Å². The topological polar surface area (TPSA) is 490 Å². The standard InChI is InChI=1S/C28H35N9O7.C16H28N4O8.C12H9N5.C2HF3O2/c29-7-1-2-22-3-5-24(6-4-22)37-17-23(31-32-37)16-30-25(38)18-33-8-10-34(19-26(39)40)12-14-36(21-28(43)44)15-13-35(11-9-33)20-27(41)42;21-13(22)9-17-1-2-18(10-14(23)24)5-6-20(12-16(27)28)8-7-19(4-3-17)11-15(25)26;13-7-1-2-10-3-5-12(6-4-10)17-9-11(8-14)15-16-17;3-2(4,5)1(6)7/h3-6,17H,8-16,18-21H2,(H,30,38)(H,39,40)(H,41,42)(H,43,44);1-12H2,(H,21,22)(H,23,24)(H,25,26)(H,27,28);3-6,9H,8,14H2;(H,6,7)/p+1. The van der Waals surface area contributed by atoms with Gasteiger partial charge in [-0.05, 0) is 48.5 Å². The van der Waals surface area contributed by atoms with Gasteiger partial charge in [-0.25, -0.2) is 14.2 Å². The average molecular weight is 1350 g/mol. The van der Waals surface area contributed by atoms with Gasteiger partial charge in [0.2, 0.25) is 5.91 Å². The number of carbonyl (C=O) groups excluding carboxylic acids is 1. The van der Waals surface area contributed by atoms with Gasteiger partial charge in [0.05, 0.1) is 82.7 Å². The van der Waals surface area contributed by atoms with Crippen LogP contribution in [0.4, 0.5) is 13.2 Å². The third-order valence-corrected chi connectivity index (χ3v) is 13.6. The molecule has 96 heavy (non-hydrogen) atoms. The maximum atomic E-state index is 12.9. The van der Waals surface area contributed by atoms with Crippen molar-refractivity contribution in [1.82, 2.24) is 74.5 Å². The Balaban J connectivity index is 0.000000390. The Morgan fingerprint density at radius 2 is 0.667 bits per heavy atom. The number of alkyl halides is 3. The van der Waals surface area contributed by atoms with Crippen LogP contribution in [0.1, 0.15) is 22.5 Å². The number of halogens is 3. The molecule has 2 aliphatic rings. The van der Waals surface area contributed by atoms with Crippen molar-refractivity contribution in [2.75, 3.05) is 157 Å². The lowest BCUT2D eigenvalue weighted by Crippen LogP contribution is -2.49. The van der Waals surface area contributed by atoms with Gasteiger partial charge in [-0.1, -0.05) is 22.3 Å². The lowest BCUT2D eigenvalue weighted by atomic mass is 10.2. The number of nitrogens with zero attached hydrogens (tertiary/aromatic N) is 16. The van der Waals surface area contributed by atoms with E-state index in [4.69, 9.17) is 40.9 Å². The Bertz CT molecular complexity index is 3290. The first-order valence-electron chi connectivity index (χ1n) is 29.0. The van der Waals surface area contributed by atoms with Gasteiger partial charge >= 0.3 is 53.9 Å². The van der Waals surface area contributed by atoms with Gasteiger partial charge in [0, 0.05) is 128 Å². The summed E-state index contributed by atoms with van der Waals surface area (Å²) in [6.07, 6.45) is -1.57. The molecule has 0 aliphatic carbocycles. The van der Waals surface area contributed by atoms with E-state index in [9.17, 15) is 66.8 Å². The van der Waals surface area contributed by atoms with Crippen LogP contribution >= 0.6 is 0 Å². The molecule has 2 aromatic carbocycles. The minimum Gasteiger partial charge on any atom is -0.480 e. The smallest absolute Gasteiger partial charge is 0.480 e. The van der Waals surface area contributed by atoms with E-state index in [0.29, 0.717) is 123 Å². The summed E-state index contributed by atoms with van der Waals surface area (Å²) in [5.74, 6) is -0.0780. The number of benzene rings is 2. The Kier molecular flexibility index (Phi) is 35.4. The second kappa shape index (κ2) is 42.7. The number of carboxylic acid groups (broad SMARTS) is 8. The summed E-state index contributed by atoms with van der Waals surface area (Å²) in [5.41, 5.74) is 8.22.